The Morgan fingerprint density at radius 3 is 2.58 bits per heavy atom. The Bertz CT molecular complexity index is 1110. The van der Waals surface area contributed by atoms with E-state index in [1.54, 1.807) is 4.68 Å². The van der Waals surface area contributed by atoms with Crippen molar-refractivity contribution < 1.29 is 5.11 Å². The fourth-order valence-corrected chi connectivity index (χ4v) is 3.89. The molecule has 2 N–H and O–H groups in total. The van der Waals surface area contributed by atoms with E-state index in [-0.39, 0.29) is 12.5 Å². The fraction of sp³-hybridized carbons (Fsp3) is 0.304. The van der Waals surface area contributed by atoms with Gasteiger partial charge in [-0.1, -0.05) is 67.4 Å². The number of rotatable bonds is 9. The lowest BCUT2D eigenvalue weighted by Crippen LogP contribution is -2.08. The number of aromatic nitrogens is 6. The van der Waals surface area contributed by atoms with Crippen LogP contribution in [0.2, 0.25) is 5.15 Å². The minimum Gasteiger partial charge on any atom is -0.395 e. The smallest absolute Gasteiger partial charge is 0.161 e. The molecule has 4 aromatic rings. The molecule has 0 fully saturated rings. The summed E-state index contributed by atoms with van der Waals surface area (Å²) in [4.78, 5) is 7.73. The van der Waals surface area contributed by atoms with Crippen LogP contribution < -0.4 is 0 Å². The Balaban J connectivity index is 1.52. The van der Waals surface area contributed by atoms with Crippen LogP contribution in [0.15, 0.2) is 54.6 Å². The average molecular weight is 437 g/mol. The summed E-state index contributed by atoms with van der Waals surface area (Å²) in [6, 6.07) is 17.9. The van der Waals surface area contributed by atoms with Crippen molar-refractivity contribution >= 4 is 11.6 Å². The van der Waals surface area contributed by atoms with Gasteiger partial charge in [0.2, 0.25) is 0 Å². The number of aliphatic hydroxyl groups excluding tert-OH is 1. The lowest BCUT2D eigenvalue weighted by atomic mass is 9.95. The van der Waals surface area contributed by atoms with Gasteiger partial charge in [-0.15, -0.1) is 5.10 Å². The molecule has 0 aliphatic rings. The maximum absolute atomic E-state index is 10.0. The molecule has 0 bridgehead atoms. The van der Waals surface area contributed by atoms with Gasteiger partial charge in [-0.3, -0.25) is 0 Å². The lowest BCUT2D eigenvalue weighted by Gasteiger charge is -2.14. The molecule has 31 heavy (non-hydrogen) atoms. The van der Waals surface area contributed by atoms with Crippen molar-refractivity contribution in [1.29, 1.82) is 0 Å². The second-order valence-corrected chi connectivity index (χ2v) is 7.85. The molecular weight excluding hydrogens is 412 g/mol. The maximum Gasteiger partial charge on any atom is 0.161 e. The second-order valence-electron chi connectivity index (χ2n) is 7.49. The molecule has 0 saturated heterocycles. The minimum atomic E-state index is -0.251. The maximum atomic E-state index is 10.0. The van der Waals surface area contributed by atoms with Gasteiger partial charge >= 0.3 is 0 Å². The zero-order valence-electron chi connectivity index (χ0n) is 17.4. The molecule has 4 rings (SSSR count). The number of nitrogens with one attached hydrogen (secondary N) is 1. The predicted molar refractivity (Wildman–Crippen MR) is 120 cm³/mol. The number of benzene rings is 2. The lowest BCUT2D eigenvalue weighted by molar-refractivity contribution is 0.279. The van der Waals surface area contributed by atoms with Gasteiger partial charge in [0.1, 0.15) is 5.82 Å². The van der Waals surface area contributed by atoms with E-state index in [0.717, 1.165) is 53.4 Å². The fourth-order valence-electron chi connectivity index (χ4n) is 3.61. The standard InChI is InChI=1S/C23H25ClN6O/c1-2-3-9-20-25-22(23(24)26-20)19(15-31)17-12-10-16(11-13-17)14-21-27-28-29-30(21)18-7-5-4-6-8-18/h4-8,10-13,19,31H,2-3,9,14-15H2,1H3,(H,25,26). The summed E-state index contributed by atoms with van der Waals surface area (Å²) in [6.45, 7) is 2.09. The molecule has 8 heteroatoms. The van der Waals surface area contributed by atoms with E-state index >= 15 is 0 Å². The molecule has 2 aromatic heterocycles. The predicted octanol–water partition coefficient (Wildman–Crippen LogP) is 4.10. The van der Waals surface area contributed by atoms with E-state index in [1.165, 1.54) is 0 Å². The first kappa shape index (κ1) is 21.2. The number of halogens is 1. The Hall–Kier alpha value is -3.03. The van der Waals surface area contributed by atoms with Crippen LogP contribution >= 0.6 is 11.6 Å². The molecule has 0 radical (unpaired) electrons. The summed E-state index contributed by atoms with van der Waals surface area (Å²) >= 11 is 6.37. The summed E-state index contributed by atoms with van der Waals surface area (Å²) in [5.74, 6) is 1.37. The molecule has 0 amide bonds. The molecule has 160 valence electrons. The molecule has 2 heterocycles. The molecule has 0 aliphatic carbocycles. The number of para-hydroxylation sites is 1. The topological polar surface area (TPSA) is 92.5 Å². The molecule has 0 spiro atoms. The van der Waals surface area contributed by atoms with Crippen LogP contribution in [-0.2, 0) is 12.8 Å². The summed E-state index contributed by atoms with van der Waals surface area (Å²) in [6.07, 6.45) is 3.58. The van der Waals surface area contributed by atoms with E-state index in [1.807, 2.05) is 54.6 Å². The van der Waals surface area contributed by atoms with Crippen LogP contribution in [0, 0.1) is 0 Å². The quantitative estimate of drug-likeness (QED) is 0.412. The molecule has 2 aromatic carbocycles. The molecule has 1 atom stereocenters. The van der Waals surface area contributed by atoms with Gasteiger partial charge in [0.05, 0.1) is 23.9 Å². The normalized spacial score (nSPS) is 12.2. The molecular formula is C23H25ClN6O. The zero-order chi connectivity index (χ0) is 21.6. The highest BCUT2D eigenvalue weighted by Gasteiger charge is 2.20. The number of unbranched alkanes of at least 4 members (excludes halogenated alkanes) is 1. The van der Waals surface area contributed by atoms with Crippen molar-refractivity contribution in [2.45, 2.75) is 38.5 Å². The minimum absolute atomic E-state index is 0.0548. The number of aliphatic hydroxyl groups is 1. The van der Waals surface area contributed by atoms with Crippen molar-refractivity contribution in [3.8, 4) is 5.69 Å². The summed E-state index contributed by atoms with van der Waals surface area (Å²) < 4.78 is 1.74. The van der Waals surface area contributed by atoms with Crippen molar-refractivity contribution in [1.82, 2.24) is 30.2 Å². The van der Waals surface area contributed by atoms with Crippen molar-refractivity contribution in [3.63, 3.8) is 0 Å². The number of nitrogens with zero attached hydrogens (tertiary/aromatic N) is 5. The molecule has 1 unspecified atom stereocenters. The highest BCUT2D eigenvalue weighted by atomic mass is 35.5. The third kappa shape index (κ3) is 4.84. The third-order valence-corrected chi connectivity index (χ3v) is 5.60. The van der Waals surface area contributed by atoms with Crippen molar-refractivity contribution in [2.24, 2.45) is 0 Å². The zero-order valence-corrected chi connectivity index (χ0v) is 18.1. The third-order valence-electron chi connectivity index (χ3n) is 5.31. The van der Waals surface area contributed by atoms with E-state index in [2.05, 4.69) is 32.4 Å². The Morgan fingerprint density at radius 1 is 1.10 bits per heavy atom. The molecule has 0 aliphatic heterocycles. The van der Waals surface area contributed by atoms with Gasteiger partial charge in [-0.25, -0.2) is 4.98 Å². The summed E-state index contributed by atoms with van der Waals surface area (Å²) in [7, 11) is 0. The van der Waals surface area contributed by atoms with Gasteiger partial charge in [0.25, 0.3) is 0 Å². The van der Waals surface area contributed by atoms with E-state index in [9.17, 15) is 5.11 Å². The van der Waals surface area contributed by atoms with Crippen LogP contribution in [-0.4, -0.2) is 41.9 Å². The van der Waals surface area contributed by atoms with Crippen LogP contribution in [0.3, 0.4) is 0 Å². The van der Waals surface area contributed by atoms with Crippen LogP contribution in [0.1, 0.15) is 54.2 Å². The van der Waals surface area contributed by atoms with Gasteiger partial charge in [-0.05, 0) is 40.1 Å². The summed E-state index contributed by atoms with van der Waals surface area (Å²) in [5, 5.41) is 22.6. The molecule has 0 saturated carbocycles. The molecule has 7 nitrogen and oxygen atoms in total. The number of aromatic amines is 1. The van der Waals surface area contributed by atoms with E-state index in [4.69, 9.17) is 11.6 Å². The first-order chi connectivity index (χ1) is 15.2. The van der Waals surface area contributed by atoms with E-state index in [0.29, 0.717) is 11.6 Å². The number of imidazole rings is 1. The number of aryl methyl sites for hydroxylation is 1. The van der Waals surface area contributed by atoms with Gasteiger partial charge in [-0.2, -0.15) is 4.68 Å². The van der Waals surface area contributed by atoms with Crippen molar-refractivity contribution in [3.05, 3.63) is 88.2 Å². The number of hydrogen-bond donors (Lipinski definition) is 2. The first-order valence-corrected chi connectivity index (χ1v) is 10.8. The second kappa shape index (κ2) is 9.85. The first-order valence-electron chi connectivity index (χ1n) is 10.5. The van der Waals surface area contributed by atoms with Gasteiger partial charge < -0.3 is 10.1 Å². The Kier molecular flexibility index (Phi) is 6.74. The Morgan fingerprint density at radius 2 is 1.87 bits per heavy atom. The van der Waals surface area contributed by atoms with Gasteiger partial charge in [0, 0.05) is 12.8 Å². The van der Waals surface area contributed by atoms with Crippen molar-refractivity contribution in [2.75, 3.05) is 6.61 Å². The SMILES string of the molecule is CCCCc1nc(Cl)c(C(CO)c2ccc(Cc3nnnn3-c3ccccc3)cc2)[nH]1. The highest BCUT2D eigenvalue weighted by molar-refractivity contribution is 6.30. The average Bonchev–Trinajstić information content (AvgIpc) is 3.41. The van der Waals surface area contributed by atoms with Crippen LogP contribution in [0.5, 0.6) is 0 Å². The monoisotopic (exact) mass is 436 g/mol. The number of H-pyrrole nitrogens is 1. The van der Waals surface area contributed by atoms with Crippen LogP contribution in [0.25, 0.3) is 5.69 Å². The summed E-state index contributed by atoms with van der Waals surface area (Å²) in [5.41, 5.74) is 3.73. The van der Waals surface area contributed by atoms with Crippen LogP contribution in [0.4, 0.5) is 0 Å². The van der Waals surface area contributed by atoms with E-state index < -0.39 is 0 Å². The number of hydrogen-bond acceptors (Lipinski definition) is 5. The highest BCUT2D eigenvalue weighted by Crippen LogP contribution is 2.29. The van der Waals surface area contributed by atoms with Gasteiger partial charge in [0.15, 0.2) is 11.0 Å². The Labute approximate surface area is 186 Å². The largest absolute Gasteiger partial charge is 0.395 e. The number of tetrazole rings is 1.